The Bertz CT molecular complexity index is 902. The number of aromatic nitrogens is 1. The molecule has 0 aliphatic carbocycles. The van der Waals surface area contributed by atoms with Crippen LogP contribution in [-0.4, -0.2) is 46.0 Å². The Hall–Kier alpha value is -2.44. The molecule has 0 bridgehead atoms. The van der Waals surface area contributed by atoms with E-state index in [2.05, 4.69) is 4.98 Å². The SMILES string of the molecule is O=C1c2ccc(Cl)cc2CCN1c1cncc(CN2C(=O)CCC2CO)c1. The molecule has 2 amide bonds. The number of halogens is 1. The van der Waals surface area contributed by atoms with Gasteiger partial charge >= 0.3 is 0 Å². The van der Waals surface area contributed by atoms with Crippen molar-refractivity contribution in [3.8, 4) is 0 Å². The van der Waals surface area contributed by atoms with Crippen LogP contribution < -0.4 is 4.90 Å². The Morgan fingerprint density at radius 1 is 1.19 bits per heavy atom. The third-order valence-corrected chi connectivity index (χ3v) is 5.49. The molecule has 1 atom stereocenters. The van der Waals surface area contributed by atoms with Crippen LogP contribution in [0.25, 0.3) is 0 Å². The molecule has 1 unspecified atom stereocenters. The first-order valence-corrected chi connectivity index (χ1v) is 9.39. The summed E-state index contributed by atoms with van der Waals surface area (Å²) >= 11 is 6.03. The second-order valence-corrected chi connectivity index (χ2v) is 7.39. The molecule has 27 heavy (non-hydrogen) atoms. The molecule has 140 valence electrons. The molecular formula is C20H20ClN3O3. The van der Waals surface area contributed by atoms with Crippen molar-refractivity contribution in [2.24, 2.45) is 0 Å². The van der Waals surface area contributed by atoms with Crippen molar-refractivity contribution in [2.45, 2.75) is 31.8 Å². The lowest BCUT2D eigenvalue weighted by molar-refractivity contribution is -0.130. The van der Waals surface area contributed by atoms with E-state index in [9.17, 15) is 14.7 Å². The van der Waals surface area contributed by atoms with Crippen molar-refractivity contribution >= 4 is 29.1 Å². The molecular weight excluding hydrogens is 366 g/mol. The number of hydrogen-bond donors (Lipinski definition) is 1. The molecule has 0 saturated carbocycles. The standard InChI is InChI=1S/C20H20ClN3O3/c21-15-1-3-18-14(8-15)5-6-23(20(18)27)17-7-13(9-22-10-17)11-24-16(12-25)2-4-19(24)26/h1,3,7-10,16,25H,2,4-6,11-12H2. The number of pyridine rings is 1. The zero-order chi connectivity index (χ0) is 19.0. The van der Waals surface area contributed by atoms with Crippen LogP contribution in [0.4, 0.5) is 5.69 Å². The van der Waals surface area contributed by atoms with Crippen LogP contribution >= 0.6 is 11.6 Å². The predicted octanol–water partition coefficient (Wildman–Crippen LogP) is 2.42. The molecule has 2 aromatic rings. The highest BCUT2D eigenvalue weighted by molar-refractivity contribution is 6.30. The van der Waals surface area contributed by atoms with Gasteiger partial charge in [0.15, 0.2) is 0 Å². The third-order valence-electron chi connectivity index (χ3n) is 5.26. The minimum Gasteiger partial charge on any atom is -0.394 e. The van der Waals surface area contributed by atoms with E-state index in [-0.39, 0.29) is 24.5 Å². The number of likely N-dealkylation sites (tertiary alicyclic amines) is 1. The van der Waals surface area contributed by atoms with Crippen LogP contribution in [0.5, 0.6) is 0 Å². The second-order valence-electron chi connectivity index (χ2n) is 6.96. The highest BCUT2D eigenvalue weighted by atomic mass is 35.5. The zero-order valence-electron chi connectivity index (χ0n) is 14.8. The van der Waals surface area contributed by atoms with Gasteiger partial charge in [0.1, 0.15) is 0 Å². The quantitative estimate of drug-likeness (QED) is 0.877. The smallest absolute Gasteiger partial charge is 0.258 e. The lowest BCUT2D eigenvalue weighted by Crippen LogP contribution is -2.38. The first kappa shape index (κ1) is 17.9. The molecule has 2 aliphatic rings. The number of carbonyl (C=O) groups excluding carboxylic acids is 2. The fourth-order valence-electron chi connectivity index (χ4n) is 3.81. The maximum atomic E-state index is 12.9. The molecule has 1 saturated heterocycles. The van der Waals surface area contributed by atoms with Gasteiger partial charge < -0.3 is 14.9 Å². The highest BCUT2D eigenvalue weighted by Crippen LogP contribution is 2.28. The van der Waals surface area contributed by atoms with E-state index in [1.54, 1.807) is 34.3 Å². The maximum Gasteiger partial charge on any atom is 0.258 e. The zero-order valence-corrected chi connectivity index (χ0v) is 15.5. The van der Waals surface area contributed by atoms with Crippen molar-refractivity contribution in [2.75, 3.05) is 18.1 Å². The minimum atomic E-state index is -0.144. The van der Waals surface area contributed by atoms with E-state index < -0.39 is 0 Å². The molecule has 7 heteroatoms. The topological polar surface area (TPSA) is 73.7 Å². The van der Waals surface area contributed by atoms with E-state index in [1.807, 2.05) is 12.1 Å². The maximum absolute atomic E-state index is 12.9. The van der Waals surface area contributed by atoms with Gasteiger partial charge in [-0.3, -0.25) is 14.6 Å². The fraction of sp³-hybridized carbons (Fsp3) is 0.350. The summed E-state index contributed by atoms with van der Waals surface area (Å²) in [5.41, 5.74) is 3.17. The second kappa shape index (κ2) is 7.29. The molecule has 0 radical (unpaired) electrons. The van der Waals surface area contributed by atoms with Gasteiger partial charge in [0.05, 0.1) is 24.5 Å². The van der Waals surface area contributed by atoms with E-state index in [4.69, 9.17) is 11.6 Å². The lowest BCUT2D eigenvalue weighted by atomic mass is 9.98. The van der Waals surface area contributed by atoms with Crippen LogP contribution in [0.15, 0.2) is 36.7 Å². The molecule has 4 rings (SSSR count). The van der Waals surface area contributed by atoms with Crippen molar-refractivity contribution in [3.63, 3.8) is 0 Å². The number of nitrogens with zero attached hydrogens (tertiary/aromatic N) is 3. The largest absolute Gasteiger partial charge is 0.394 e. The average Bonchev–Trinajstić information content (AvgIpc) is 3.02. The van der Waals surface area contributed by atoms with Gasteiger partial charge in [0.2, 0.25) is 5.91 Å². The highest BCUT2D eigenvalue weighted by Gasteiger charge is 2.31. The van der Waals surface area contributed by atoms with Gasteiger partial charge in [-0.05, 0) is 48.2 Å². The Balaban J connectivity index is 1.57. The van der Waals surface area contributed by atoms with Gasteiger partial charge in [-0.2, -0.15) is 0 Å². The molecule has 2 aliphatic heterocycles. The van der Waals surface area contributed by atoms with Crippen molar-refractivity contribution in [3.05, 3.63) is 58.4 Å². The summed E-state index contributed by atoms with van der Waals surface area (Å²) in [5.74, 6) is -0.0309. The van der Waals surface area contributed by atoms with Gasteiger partial charge in [0.25, 0.3) is 5.91 Å². The van der Waals surface area contributed by atoms with Gasteiger partial charge in [-0.25, -0.2) is 0 Å². The van der Waals surface area contributed by atoms with Crippen LogP contribution in [0, 0.1) is 0 Å². The predicted molar refractivity (Wildman–Crippen MR) is 102 cm³/mol. The Kier molecular flexibility index (Phi) is 4.85. The Morgan fingerprint density at radius 3 is 2.85 bits per heavy atom. The summed E-state index contributed by atoms with van der Waals surface area (Å²) in [6.45, 7) is 0.904. The average molecular weight is 386 g/mol. The molecule has 1 aromatic heterocycles. The summed E-state index contributed by atoms with van der Waals surface area (Å²) in [7, 11) is 0. The molecule has 0 spiro atoms. The Morgan fingerprint density at radius 2 is 2.04 bits per heavy atom. The summed E-state index contributed by atoms with van der Waals surface area (Å²) in [6.07, 6.45) is 5.22. The molecule has 1 aromatic carbocycles. The van der Waals surface area contributed by atoms with Crippen molar-refractivity contribution < 1.29 is 14.7 Å². The summed E-state index contributed by atoms with van der Waals surface area (Å²) in [4.78, 5) is 32.6. The van der Waals surface area contributed by atoms with E-state index in [0.29, 0.717) is 42.2 Å². The number of aliphatic hydroxyl groups excluding tert-OH is 1. The number of rotatable bonds is 4. The number of hydrogen-bond acceptors (Lipinski definition) is 4. The first-order valence-electron chi connectivity index (χ1n) is 9.01. The number of aliphatic hydroxyl groups is 1. The van der Waals surface area contributed by atoms with Crippen molar-refractivity contribution in [1.29, 1.82) is 0 Å². The lowest BCUT2D eigenvalue weighted by Gasteiger charge is -2.29. The number of anilines is 1. The van der Waals surface area contributed by atoms with Crippen LogP contribution in [-0.2, 0) is 17.8 Å². The number of amides is 2. The summed E-state index contributed by atoms with van der Waals surface area (Å²) in [5, 5.41) is 10.1. The fourth-order valence-corrected chi connectivity index (χ4v) is 4.00. The van der Waals surface area contributed by atoms with Gasteiger partial charge in [-0.1, -0.05) is 11.6 Å². The molecule has 1 fully saturated rings. The molecule has 3 heterocycles. The Labute approximate surface area is 162 Å². The van der Waals surface area contributed by atoms with E-state index in [1.165, 1.54) is 0 Å². The van der Waals surface area contributed by atoms with Crippen LogP contribution in [0.1, 0.15) is 34.3 Å². The normalized spacial score (nSPS) is 19.6. The van der Waals surface area contributed by atoms with Crippen LogP contribution in [0.2, 0.25) is 5.02 Å². The number of fused-ring (bicyclic) bond motifs is 1. The first-order chi connectivity index (χ1) is 13.1. The minimum absolute atomic E-state index is 0.0389. The van der Waals surface area contributed by atoms with Gasteiger partial charge in [0, 0.05) is 36.3 Å². The number of benzene rings is 1. The monoisotopic (exact) mass is 385 g/mol. The number of carbonyl (C=O) groups is 2. The van der Waals surface area contributed by atoms with Crippen molar-refractivity contribution in [1.82, 2.24) is 9.88 Å². The van der Waals surface area contributed by atoms with E-state index >= 15 is 0 Å². The summed E-state index contributed by atoms with van der Waals surface area (Å²) in [6, 6.07) is 7.08. The molecule has 6 nitrogen and oxygen atoms in total. The van der Waals surface area contributed by atoms with Gasteiger partial charge in [-0.15, -0.1) is 0 Å². The summed E-state index contributed by atoms with van der Waals surface area (Å²) < 4.78 is 0. The van der Waals surface area contributed by atoms with Crippen LogP contribution in [0.3, 0.4) is 0 Å². The third kappa shape index (κ3) is 3.42. The molecule has 1 N–H and O–H groups in total. The van der Waals surface area contributed by atoms with E-state index in [0.717, 1.165) is 17.5 Å².